The van der Waals surface area contributed by atoms with Crippen molar-refractivity contribution >= 4 is 23.2 Å². The summed E-state index contributed by atoms with van der Waals surface area (Å²) in [6, 6.07) is 17.2. The summed E-state index contributed by atoms with van der Waals surface area (Å²) in [6.45, 7) is 4.68. The molecule has 0 aliphatic carbocycles. The van der Waals surface area contributed by atoms with Crippen molar-refractivity contribution in [2.75, 3.05) is 43.9 Å². The molecule has 1 aliphatic rings. The predicted octanol–water partition coefficient (Wildman–Crippen LogP) is 3.93. The number of aromatic nitrogens is 3. The number of nitrogens with one attached hydrogen (secondary N) is 3. The lowest BCUT2D eigenvalue weighted by molar-refractivity contribution is 0.102. The summed E-state index contributed by atoms with van der Waals surface area (Å²) in [5.41, 5.74) is 7.09. The quantitative estimate of drug-likeness (QED) is 0.327. The largest absolute Gasteiger partial charge is 0.324 e. The van der Waals surface area contributed by atoms with Gasteiger partial charge in [-0.05, 0) is 61.1 Å². The van der Waals surface area contributed by atoms with Crippen LogP contribution in [0.1, 0.15) is 15.9 Å². The molecule has 194 valence electrons. The third-order valence-corrected chi connectivity index (χ3v) is 6.31. The second-order valence-corrected chi connectivity index (χ2v) is 9.10. The highest BCUT2D eigenvalue weighted by atomic mass is 19.1. The first-order valence-corrected chi connectivity index (χ1v) is 12.4. The van der Waals surface area contributed by atoms with Gasteiger partial charge in [-0.3, -0.25) is 15.2 Å². The second kappa shape index (κ2) is 11.9. The van der Waals surface area contributed by atoms with Gasteiger partial charge in [0, 0.05) is 68.1 Å². The molecular weight excluding hydrogens is 483 g/mol. The minimum Gasteiger partial charge on any atom is -0.324 e. The Morgan fingerprint density at radius 1 is 1.00 bits per heavy atom. The van der Waals surface area contributed by atoms with E-state index < -0.39 is 11.7 Å². The van der Waals surface area contributed by atoms with Crippen LogP contribution in [-0.2, 0) is 6.54 Å². The van der Waals surface area contributed by atoms with Crippen molar-refractivity contribution in [2.45, 2.75) is 6.54 Å². The summed E-state index contributed by atoms with van der Waals surface area (Å²) < 4.78 is 14.5. The van der Waals surface area contributed by atoms with Gasteiger partial charge in [-0.1, -0.05) is 12.1 Å². The van der Waals surface area contributed by atoms with Crippen LogP contribution in [0, 0.1) is 5.82 Å². The number of hydrogen-bond donors (Lipinski definition) is 3. The predicted molar refractivity (Wildman–Crippen MR) is 145 cm³/mol. The molecular formula is C28H29FN8O. The molecule has 9 nitrogen and oxygen atoms in total. The monoisotopic (exact) mass is 512 g/mol. The molecule has 4 aromatic rings. The lowest BCUT2D eigenvalue weighted by Gasteiger charge is -2.32. The SMILES string of the molecule is CN1CCN(NCc2ccc(C(=O)Nc3cc(Nc4nccc(-c5cccnc5)n4)ccc3F)cc2)CC1. The highest BCUT2D eigenvalue weighted by Gasteiger charge is 2.14. The number of anilines is 3. The van der Waals surface area contributed by atoms with Gasteiger partial charge in [-0.15, -0.1) is 0 Å². The molecule has 10 heteroatoms. The standard InChI is InChI=1S/C28H29FN8O/c1-36-13-15-37(16-14-36)32-18-20-4-6-21(7-5-20)27(38)34-26-17-23(8-9-24(26)29)33-28-31-12-10-25(35-28)22-3-2-11-30-19-22/h2-12,17,19,32H,13-16,18H2,1H3,(H,34,38)(H,31,33,35). The van der Waals surface area contributed by atoms with Gasteiger partial charge in [0.15, 0.2) is 0 Å². The first-order valence-electron chi connectivity index (χ1n) is 12.4. The van der Waals surface area contributed by atoms with Crippen LogP contribution in [-0.4, -0.2) is 64.0 Å². The number of amides is 1. The molecule has 0 bridgehead atoms. The normalized spacial score (nSPS) is 14.3. The molecule has 2 aromatic heterocycles. The first-order chi connectivity index (χ1) is 18.5. The number of hydrogen-bond acceptors (Lipinski definition) is 8. The zero-order valence-electron chi connectivity index (χ0n) is 21.1. The fourth-order valence-electron chi connectivity index (χ4n) is 4.06. The Kier molecular flexibility index (Phi) is 7.93. The molecule has 1 fully saturated rings. The number of nitrogens with zero attached hydrogens (tertiary/aromatic N) is 5. The smallest absolute Gasteiger partial charge is 0.255 e. The molecule has 0 saturated carbocycles. The van der Waals surface area contributed by atoms with Gasteiger partial charge in [0.2, 0.25) is 5.95 Å². The molecule has 0 radical (unpaired) electrons. The maximum atomic E-state index is 14.5. The number of halogens is 1. The highest BCUT2D eigenvalue weighted by Crippen LogP contribution is 2.24. The minimum absolute atomic E-state index is 0.0595. The molecule has 5 rings (SSSR count). The third-order valence-electron chi connectivity index (χ3n) is 6.31. The second-order valence-electron chi connectivity index (χ2n) is 9.10. The van der Waals surface area contributed by atoms with E-state index in [-0.39, 0.29) is 5.69 Å². The van der Waals surface area contributed by atoms with Gasteiger partial charge in [0.25, 0.3) is 5.91 Å². The summed E-state index contributed by atoms with van der Waals surface area (Å²) in [5.74, 6) is -0.590. The van der Waals surface area contributed by atoms with E-state index in [4.69, 9.17) is 0 Å². The van der Waals surface area contributed by atoms with E-state index in [1.54, 1.807) is 42.9 Å². The summed E-state index contributed by atoms with van der Waals surface area (Å²) in [5, 5.41) is 7.95. The van der Waals surface area contributed by atoms with Crippen molar-refractivity contribution in [3.05, 3.63) is 96.2 Å². The average Bonchev–Trinajstić information content (AvgIpc) is 2.95. The van der Waals surface area contributed by atoms with Crippen LogP contribution in [0.5, 0.6) is 0 Å². The maximum absolute atomic E-state index is 14.5. The number of carbonyl (C=O) groups is 1. The van der Waals surface area contributed by atoms with Crippen LogP contribution in [0.4, 0.5) is 21.7 Å². The van der Waals surface area contributed by atoms with Crippen LogP contribution in [0.2, 0.25) is 0 Å². The zero-order chi connectivity index (χ0) is 26.3. The van der Waals surface area contributed by atoms with E-state index in [0.717, 1.165) is 37.3 Å². The van der Waals surface area contributed by atoms with E-state index >= 15 is 0 Å². The van der Waals surface area contributed by atoms with Gasteiger partial charge in [-0.25, -0.2) is 19.4 Å². The fourth-order valence-corrected chi connectivity index (χ4v) is 4.06. The Morgan fingerprint density at radius 3 is 2.58 bits per heavy atom. The molecule has 2 aromatic carbocycles. The topological polar surface area (TPSA) is 98.3 Å². The highest BCUT2D eigenvalue weighted by molar-refractivity contribution is 6.04. The summed E-state index contributed by atoms with van der Waals surface area (Å²) >= 11 is 0. The van der Waals surface area contributed by atoms with Gasteiger partial charge in [0.05, 0.1) is 11.4 Å². The van der Waals surface area contributed by atoms with E-state index in [2.05, 4.69) is 48.0 Å². The average molecular weight is 513 g/mol. The van der Waals surface area contributed by atoms with Crippen LogP contribution in [0.15, 0.2) is 79.3 Å². The van der Waals surface area contributed by atoms with Gasteiger partial charge < -0.3 is 15.5 Å². The van der Waals surface area contributed by atoms with Crippen molar-refractivity contribution < 1.29 is 9.18 Å². The van der Waals surface area contributed by atoms with E-state index in [1.807, 2.05) is 24.3 Å². The number of carbonyl (C=O) groups excluding carboxylic acids is 1. The Labute approximate surface area is 220 Å². The molecule has 1 aliphatic heterocycles. The lowest BCUT2D eigenvalue weighted by Crippen LogP contribution is -2.50. The van der Waals surface area contributed by atoms with Crippen molar-refractivity contribution in [1.82, 2.24) is 30.3 Å². The number of rotatable bonds is 8. The van der Waals surface area contributed by atoms with Gasteiger partial charge >= 0.3 is 0 Å². The van der Waals surface area contributed by atoms with Crippen LogP contribution in [0.3, 0.4) is 0 Å². The number of likely N-dealkylation sites (N-methyl/N-ethyl adjacent to an activating group) is 1. The lowest BCUT2D eigenvalue weighted by atomic mass is 10.1. The molecule has 0 spiro atoms. The Morgan fingerprint density at radius 2 is 1.82 bits per heavy atom. The first kappa shape index (κ1) is 25.4. The van der Waals surface area contributed by atoms with Crippen molar-refractivity contribution in [3.8, 4) is 11.3 Å². The molecule has 0 atom stereocenters. The van der Waals surface area contributed by atoms with Crippen LogP contribution < -0.4 is 16.1 Å². The van der Waals surface area contributed by atoms with E-state index in [1.165, 1.54) is 12.1 Å². The Bertz CT molecular complexity index is 1380. The van der Waals surface area contributed by atoms with Crippen molar-refractivity contribution in [2.24, 2.45) is 0 Å². The fraction of sp³-hybridized carbons (Fsp3) is 0.214. The van der Waals surface area contributed by atoms with Crippen LogP contribution >= 0.6 is 0 Å². The molecule has 3 heterocycles. The number of pyridine rings is 1. The van der Waals surface area contributed by atoms with E-state index in [0.29, 0.717) is 29.4 Å². The van der Waals surface area contributed by atoms with Gasteiger partial charge in [0.1, 0.15) is 5.82 Å². The zero-order valence-corrected chi connectivity index (χ0v) is 21.1. The molecule has 0 unspecified atom stereocenters. The summed E-state index contributed by atoms with van der Waals surface area (Å²) in [6.07, 6.45) is 5.04. The Hall–Kier alpha value is -4.25. The number of hydrazine groups is 1. The molecule has 1 saturated heterocycles. The van der Waals surface area contributed by atoms with Gasteiger partial charge in [-0.2, -0.15) is 0 Å². The Balaban J connectivity index is 1.20. The number of benzene rings is 2. The van der Waals surface area contributed by atoms with E-state index in [9.17, 15) is 9.18 Å². The van der Waals surface area contributed by atoms with Crippen molar-refractivity contribution in [3.63, 3.8) is 0 Å². The van der Waals surface area contributed by atoms with Crippen LogP contribution in [0.25, 0.3) is 11.3 Å². The maximum Gasteiger partial charge on any atom is 0.255 e. The minimum atomic E-state index is -0.540. The molecule has 38 heavy (non-hydrogen) atoms. The summed E-state index contributed by atoms with van der Waals surface area (Å²) in [7, 11) is 2.12. The third kappa shape index (κ3) is 6.54. The molecule has 3 N–H and O–H groups in total. The number of piperazine rings is 1. The van der Waals surface area contributed by atoms with Crippen molar-refractivity contribution in [1.29, 1.82) is 0 Å². The molecule has 1 amide bonds. The summed E-state index contributed by atoms with van der Waals surface area (Å²) in [4.78, 5) is 28.0.